The van der Waals surface area contributed by atoms with Gasteiger partial charge in [-0.05, 0) is 6.92 Å². The number of aromatic nitrogens is 8. The van der Waals surface area contributed by atoms with Crippen molar-refractivity contribution in [1.29, 1.82) is 0 Å². The number of H-pyrrole nitrogens is 2. The minimum Gasteiger partial charge on any atom is -0.394 e. The van der Waals surface area contributed by atoms with E-state index in [0.717, 1.165) is 0 Å². The number of fused-ring (bicyclic) bond motifs is 2. The Morgan fingerprint density at radius 1 is 0.909 bits per heavy atom. The number of hydrogen-bond acceptors (Lipinski definition) is 12. The Labute approximate surface area is 184 Å². The topological polar surface area (TPSA) is 238 Å². The van der Waals surface area contributed by atoms with Crippen LogP contribution in [0.1, 0.15) is 5.82 Å². The molecule has 16 heteroatoms. The number of imidazole rings is 2. The lowest BCUT2D eigenvalue weighted by Crippen LogP contribution is -2.13. The van der Waals surface area contributed by atoms with E-state index in [4.69, 9.17) is 31.2 Å². The van der Waals surface area contributed by atoms with Gasteiger partial charge in [-0.3, -0.25) is 28.7 Å². The highest BCUT2D eigenvalue weighted by molar-refractivity contribution is 5.71. The predicted octanol–water partition coefficient (Wildman–Crippen LogP) is -2.36. The normalized spacial score (nSPS) is 11.1. The molecule has 4 aromatic heterocycles. The predicted molar refractivity (Wildman–Crippen MR) is 116 cm³/mol. The van der Waals surface area contributed by atoms with E-state index in [1.54, 1.807) is 11.5 Å². The van der Waals surface area contributed by atoms with Crippen LogP contribution >= 0.6 is 0 Å². The average Bonchev–Trinajstić information content (AvgIpc) is 3.30. The summed E-state index contributed by atoms with van der Waals surface area (Å²) in [6.45, 7) is 2.34. The first-order valence-electron chi connectivity index (χ1n) is 9.66. The number of rotatable bonds is 8. The Morgan fingerprint density at radius 2 is 1.48 bits per heavy atom. The van der Waals surface area contributed by atoms with E-state index in [9.17, 15) is 9.59 Å². The van der Waals surface area contributed by atoms with Crippen molar-refractivity contribution in [1.82, 2.24) is 39.0 Å². The SMILES string of the molecule is Cc1nc2c(=O)[nH]c(N)nc2n1COCCO.Nc1nc2c(ncn2COCCO)c(=O)[nH]1. The minimum atomic E-state index is -0.386. The number of anilines is 2. The molecule has 0 aliphatic heterocycles. The van der Waals surface area contributed by atoms with Crippen LogP contribution in [0.3, 0.4) is 0 Å². The van der Waals surface area contributed by atoms with Crippen molar-refractivity contribution in [3.05, 3.63) is 32.9 Å². The van der Waals surface area contributed by atoms with Crippen LogP contribution < -0.4 is 22.6 Å². The first-order chi connectivity index (χ1) is 15.8. The van der Waals surface area contributed by atoms with Gasteiger partial charge in [-0.2, -0.15) is 9.97 Å². The fraction of sp³-hybridized carbons (Fsp3) is 0.412. The van der Waals surface area contributed by atoms with Crippen LogP contribution in [-0.4, -0.2) is 75.7 Å². The summed E-state index contributed by atoms with van der Waals surface area (Å²) >= 11 is 0. The molecule has 0 saturated carbocycles. The van der Waals surface area contributed by atoms with E-state index in [-0.39, 0.29) is 73.9 Å². The van der Waals surface area contributed by atoms with Crippen molar-refractivity contribution >= 4 is 34.2 Å². The molecular formula is C17H24N10O6. The zero-order chi connectivity index (χ0) is 24.0. The molecule has 0 saturated heterocycles. The Bertz CT molecular complexity index is 1340. The molecule has 4 aromatic rings. The van der Waals surface area contributed by atoms with Crippen LogP contribution in [-0.2, 0) is 22.9 Å². The first-order valence-corrected chi connectivity index (χ1v) is 9.66. The molecule has 0 aromatic carbocycles. The number of hydrogen-bond donors (Lipinski definition) is 6. The average molecular weight is 464 g/mol. The second-order valence-electron chi connectivity index (χ2n) is 6.57. The van der Waals surface area contributed by atoms with Crippen molar-refractivity contribution in [3.8, 4) is 0 Å². The van der Waals surface area contributed by atoms with Gasteiger partial charge in [0, 0.05) is 0 Å². The maximum atomic E-state index is 11.6. The number of aliphatic hydroxyl groups is 2. The molecule has 0 amide bonds. The van der Waals surface area contributed by atoms with Crippen molar-refractivity contribution in [3.63, 3.8) is 0 Å². The highest BCUT2D eigenvalue weighted by Crippen LogP contribution is 2.10. The maximum absolute atomic E-state index is 11.6. The molecule has 0 radical (unpaired) electrons. The van der Waals surface area contributed by atoms with Crippen molar-refractivity contribution in [2.45, 2.75) is 20.4 Å². The molecule has 0 spiro atoms. The Balaban J connectivity index is 0.000000186. The van der Waals surface area contributed by atoms with Gasteiger partial charge in [-0.25, -0.2) is 9.97 Å². The third-order valence-corrected chi connectivity index (χ3v) is 4.23. The van der Waals surface area contributed by atoms with E-state index < -0.39 is 0 Å². The standard InChI is InChI=1S/C9H13N5O3.C8H11N5O3/c1-5-11-6-7(12-9(10)13-8(6)16)14(5)4-17-3-2-15;9-8-11-6-5(7(15)12-8)10-3-13(6)4-16-2-1-14/h15H,2-4H2,1H3,(H3,10,12,13,16);3,14H,1-2,4H2,(H3,9,11,12,15). The molecule has 0 aliphatic rings. The van der Waals surface area contributed by atoms with Gasteiger partial charge < -0.3 is 31.2 Å². The fourth-order valence-corrected chi connectivity index (χ4v) is 2.80. The van der Waals surface area contributed by atoms with Gasteiger partial charge in [0.15, 0.2) is 22.3 Å². The van der Waals surface area contributed by atoms with E-state index in [0.29, 0.717) is 17.1 Å². The molecule has 178 valence electrons. The Morgan fingerprint density at radius 3 is 2.12 bits per heavy atom. The summed E-state index contributed by atoms with van der Waals surface area (Å²) in [5.41, 5.74) is 11.3. The highest BCUT2D eigenvalue weighted by atomic mass is 16.5. The molecule has 0 bridgehead atoms. The minimum absolute atomic E-state index is 0.0291. The van der Waals surface area contributed by atoms with E-state index in [2.05, 4.69) is 29.9 Å². The second kappa shape index (κ2) is 10.6. The van der Waals surface area contributed by atoms with Crippen molar-refractivity contribution in [2.24, 2.45) is 0 Å². The van der Waals surface area contributed by atoms with Crippen LogP contribution in [0.15, 0.2) is 15.9 Å². The summed E-state index contributed by atoms with van der Waals surface area (Å²) < 4.78 is 13.4. The largest absolute Gasteiger partial charge is 0.394 e. The van der Waals surface area contributed by atoms with Crippen LogP contribution in [0.5, 0.6) is 0 Å². The number of ether oxygens (including phenoxy) is 2. The van der Waals surface area contributed by atoms with E-state index >= 15 is 0 Å². The van der Waals surface area contributed by atoms with Crippen LogP contribution in [0.25, 0.3) is 22.3 Å². The Hall–Kier alpha value is -3.86. The number of nitrogen functional groups attached to an aromatic ring is 2. The fourth-order valence-electron chi connectivity index (χ4n) is 2.80. The number of aliphatic hydroxyl groups excluding tert-OH is 2. The second-order valence-corrected chi connectivity index (χ2v) is 6.57. The number of nitrogens with two attached hydrogens (primary N) is 2. The monoisotopic (exact) mass is 464 g/mol. The number of aromatic amines is 2. The third-order valence-electron chi connectivity index (χ3n) is 4.23. The molecule has 0 unspecified atom stereocenters. The molecule has 4 rings (SSSR count). The van der Waals surface area contributed by atoms with Crippen molar-refractivity contribution in [2.75, 3.05) is 37.9 Å². The van der Waals surface area contributed by atoms with Gasteiger partial charge in [0.25, 0.3) is 11.1 Å². The molecule has 8 N–H and O–H groups in total. The zero-order valence-corrected chi connectivity index (χ0v) is 17.7. The molecule has 4 heterocycles. The van der Waals surface area contributed by atoms with Gasteiger partial charge in [0.1, 0.15) is 19.3 Å². The molecule has 0 atom stereocenters. The quantitative estimate of drug-likeness (QED) is 0.150. The van der Waals surface area contributed by atoms with Crippen LogP contribution in [0.4, 0.5) is 11.9 Å². The summed E-state index contributed by atoms with van der Waals surface area (Å²) in [4.78, 5) is 43.7. The Kier molecular flexibility index (Phi) is 7.67. The molecule has 33 heavy (non-hydrogen) atoms. The maximum Gasteiger partial charge on any atom is 0.280 e. The summed E-state index contributed by atoms with van der Waals surface area (Å²) in [5, 5.41) is 17.2. The van der Waals surface area contributed by atoms with Gasteiger partial charge in [-0.15, -0.1) is 0 Å². The molecule has 0 fully saturated rings. The lowest BCUT2D eigenvalue weighted by Gasteiger charge is -2.06. The summed E-state index contributed by atoms with van der Waals surface area (Å²) in [5.74, 6) is 0.661. The molecular weight excluding hydrogens is 440 g/mol. The van der Waals surface area contributed by atoms with Gasteiger partial charge in [0.2, 0.25) is 11.9 Å². The number of aryl methyl sites for hydroxylation is 1. The lowest BCUT2D eigenvalue weighted by atomic mass is 10.5. The smallest absolute Gasteiger partial charge is 0.280 e. The number of nitrogens with one attached hydrogen (secondary N) is 2. The van der Waals surface area contributed by atoms with E-state index in [1.807, 2.05) is 0 Å². The lowest BCUT2D eigenvalue weighted by molar-refractivity contribution is 0.0489. The summed E-state index contributed by atoms with van der Waals surface area (Å²) in [7, 11) is 0. The first kappa shape index (κ1) is 23.8. The van der Waals surface area contributed by atoms with Crippen molar-refractivity contribution < 1.29 is 19.7 Å². The molecule has 16 nitrogen and oxygen atoms in total. The van der Waals surface area contributed by atoms with E-state index in [1.165, 1.54) is 10.9 Å². The zero-order valence-electron chi connectivity index (χ0n) is 17.7. The van der Waals surface area contributed by atoms with Crippen LogP contribution in [0, 0.1) is 6.92 Å². The van der Waals surface area contributed by atoms with Gasteiger partial charge >= 0.3 is 0 Å². The van der Waals surface area contributed by atoms with Crippen LogP contribution in [0.2, 0.25) is 0 Å². The number of nitrogens with zero attached hydrogens (tertiary/aromatic N) is 6. The highest BCUT2D eigenvalue weighted by Gasteiger charge is 2.12. The van der Waals surface area contributed by atoms with Gasteiger partial charge in [0.05, 0.1) is 32.8 Å². The summed E-state index contributed by atoms with van der Waals surface area (Å²) in [6, 6.07) is 0. The third kappa shape index (κ3) is 5.50. The summed E-state index contributed by atoms with van der Waals surface area (Å²) in [6.07, 6.45) is 1.43. The van der Waals surface area contributed by atoms with Gasteiger partial charge in [-0.1, -0.05) is 0 Å². The molecule has 0 aliphatic carbocycles.